The van der Waals surface area contributed by atoms with Crippen LogP contribution in [0.4, 0.5) is 0 Å². The molecule has 2 aliphatic rings. The molecule has 1 heterocycles. The van der Waals surface area contributed by atoms with Gasteiger partial charge in [0.25, 0.3) is 5.91 Å². The van der Waals surface area contributed by atoms with Crippen LogP contribution >= 0.6 is 0 Å². The van der Waals surface area contributed by atoms with Crippen molar-refractivity contribution in [1.29, 1.82) is 0 Å². The van der Waals surface area contributed by atoms with Crippen LogP contribution in [-0.4, -0.2) is 36.1 Å². The van der Waals surface area contributed by atoms with Crippen molar-refractivity contribution in [1.82, 2.24) is 10.6 Å². The molecule has 2 fully saturated rings. The highest BCUT2D eigenvalue weighted by Gasteiger charge is 2.26. The summed E-state index contributed by atoms with van der Waals surface area (Å²) in [7, 11) is 0. The van der Waals surface area contributed by atoms with Crippen LogP contribution in [0.15, 0.2) is 30.3 Å². The number of carbonyl (C=O) groups excluding carboxylic acids is 1. The van der Waals surface area contributed by atoms with E-state index in [1.165, 1.54) is 12.8 Å². The third kappa shape index (κ3) is 5.18. The molecule has 0 radical (unpaired) electrons. The number of carboxylic acid groups (broad SMARTS) is 1. The van der Waals surface area contributed by atoms with E-state index >= 15 is 0 Å². The van der Waals surface area contributed by atoms with Crippen LogP contribution in [0.1, 0.15) is 54.4 Å². The molecule has 0 spiro atoms. The van der Waals surface area contributed by atoms with Gasteiger partial charge in [0.05, 0.1) is 5.92 Å². The summed E-state index contributed by atoms with van der Waals surface area (Å²) in [4.78, 5) is 23.4. The first kappa shape index (κ1) is 18.6. The first-order chi connectivity index (χ1) is 12.6. The second-order valence-electron chi connectivity index (χ2n) is 7.43. The van der Waals surface area contributed by atoms with Gasteiger partial charge in [-0.25, -0.2) is 0 Å². The van der Waals surface area contributed by atoms with Crippen LogP contribution in [0.3, 0.4) is 0 Å². The Morgan fingerprint density at radius 3 is 2.27 bits per heavy atom. The standard InChI is InChI=1S/C21H28N2O3/c24-20(23-19-9-7-18(8-10-19)21(25)26)17-5-3-15(4-6-17)1-2-16-11-13-22-14-12-16/h1-6,16,18-19,22H,7-14H2,(H,23,24)(H,25,26). The number of hydrogen-bond donors (Lipinski definition) is 3. The van der Waals surface area contributed by atoms with E-state index in [-0.39, 0.29) is 17.9 Å². The van der Waals surface area contributed by atoms with E-state index in [0.29, 0.717) is 24.3 Å². The molecule has 1 saturated heterocycles. The predicted molar refractivity (Wildman–Crippen MR) is 102 cm³/mol. The Morgan fingerprint density at radius 1 is 1.00 bits per heavy atom. The average molecular weight is 356 g/mol. The van der Waals surface area contributed by atoms with Crippen LogP contribution in [0.5, 0.6) is 0 Å². The summed E-state index contributed by atoms with van der Waals surface area (Å²) < 4.78 is 0. The molecule has 1 aliphatic carbocycles. The number of hydrogen-bond acceptors (Lipinski definition) is 3. The molecule has 5 heteroatoms. The van der Waals surface area contributed by atoms with Gasteiger partial charge < -0.3 is 15.7 Å². The molecule has 26 heavy (non-hydrogen) atoms. The number of benzene rings is 1. The van der Waals surface area contributed by atoms with E-state index in [2.05, 4.69) is 22.8 Å². The minimum atomic E-state index is -0.720. The molecular weight excluding hydrogens is 328 g/mol. The van der Waals surface area contributed by atoms with Gasteiger partial charge in [-0.15, -0.1) is 0 Å². The van der Waals surface area contributed by atoms with Crippen molar-refractivity contribution in [2.24, 2.45) is 11.8 Å². The highest BCUT2D eigenvalue weighted by molar-refractivity contribution is 5.94. The van der Waals surface area contributed by atoms with E-state index in [9.17, 15) is 9.59 Å². The quantitative estimate of drug-likeness (QED) is 0.758. The van der Waals surface area contributed by atoms with Gasteiger partial charge in [0.15, 0.2) is 0 Å². The minimum Gasteiger partial charge on any atom is -0.481 e. The first-order valence-electron chi connectivity index (χ1n) is 9.64. The van der Waals surface area contributed by atoms with Crippen molar-refractivity contribution in [3.63, 3.8) is 0 Å². The molecule has 1 saturated carbocycles. The Balaban J connectivity index is 1.49. The SMILES string of the molecule is O=C(NC1CCC(C(=O)O)CC1)c1ccc(C=CC2CCNCC2)cc1. The molecule has 1 aromatic carbocycles. The Labute approximate surface area is 154 Å². The van der Waals surface area contributed by atoms with Crippen molar-refractivity contribution in [2.45, 2.75) is 44.6 Å². The lowest BCUT2D eigenvalue weighted by molar-refractivity contribution is -0.142. The maximum Gasteiger partial charge on any atom is 0.306 e. The zero-order chi connectivity index (χ0) is 18.4. The van der Waals surface area contributed by atoms with Crippen molar-refractivity contribution < 1.29 is 14.7 Å². The molecule has 0 bridgehead atoms. The topological polar surface area (TPSA) is 78.4 Å². The fourth-order valence-electron chi connectivity index (χ4n) is 3.78. The first-order valence-corrected chi connectivity index (χ1v) is 9.64. The molecule has 0 aromatic heterocycles. The molecule has 3 rings (SSSR count). The summed E-state index contributed by atoms with van der Waals surface area (Å²) >= 11 is 0. The number of piperidine rings is 1. The van der Waals surface area contributed by atoms with Gasteiger partial charge in [-0.05, 0) is 75.2 Å². The van der Waals surface area contributed by atoms with Gasteiger partial charge in [0.1, 0.15) is 0 Å². The highest BCUT2D eigenvalue weighted by Crippen LogP contribution is 2.24. The molecule has 1 aliphatic heterocycles. The lowest BCUT2D eigenvalue weighted by Crippen LogP contribution is -2.38. The number of aliphatic carboxylic acids is 1. The number of rotatable bonds is 5. The van der Waals surface area contributed by atoms with Crippen LogP contribution in [-0.2, 0) is 4.79 Å². The van der Waals surface area contributed by atoms with Crippen molar-refractivity contribution in [3.8, 4) is 0 Å². The summed E-state index contributed by atoms with van der Waals surface area (Å²) in [6.45, 7) is 2.17. The van der Waals surface area contributed by atoms with Gasteiger partial charge in [-0.3, -0.25) is 9.59 Å². The van der Waals surface area contributed by atoms with E-state index in [1.807, 2.05) is 24.3 Å². The predicted octanol–water partition coefficient (Wildman–Crippen LogP) is 3.07. The van der Waals surface area contributed by atoms with Gasteiger partial charge in [0.2, 0.25) is 0 Å². The average Bonchev–Trinajstić information content (AvgIpc) is 2.68. The van der Waals surface area contributed by atoms with Crippen molar-refractivity contribution >= 4 is 18.0 Å². The van der Waals surface area contributed by atoms with E-state index < -0.39 is 5.97 Å². The van der Waals surface area contributed by atoms with Gasteiger partial charge in [-0.2, -0.15) is 0 Å². The summed E-state index contributed by atoms with van der Waals surface area (Å²) in [6.07, 6.45) is 9.53. The fourth-order valence-corrected chi connectivity index (χ4v) is 3.78. The third-order valence-electron chi connectivity index (χ3n) is 5.53. The summed E-state index contributed by atoms with van der Waals surface area (Å²) in [5, 5.41) is 15.4. The minimum absolute atomic E-state index is 0.0716. The zero-order valence-electron chi connectivity index (χ0n) is 15.1. The maximum atomic E-state index is 12.4. The Bertz CT molecular complexity index is 640. The lowest BCUT2D eigenvalue weighted by Gasteiger charge is -2.26. The normalized spacial score (nSPS) is 24.5. The number of nitrogens with one attached hydrogen (secondary N) is 2. The monoisotopic (exact) mass is 356 g/mol. The van der Waals surface area contributed by atoms with E-state index in [0.717, 1.165) is 31.5 Å². The van der Waals surface area contributed by atoms with E-state index in [4.69, 9.17) is 5.11 Å². The molecule has 1 amide bonds. The van der Waals surface area contributed by atoms with Crippen LogP contribution in [0.25, 0.3) is 6.08 Å². The van der Waals surface area contributed by atoms with Gasteiger partial charge >= 0.3 is 5.97 Å². The Hall–Kier alpha value is -2.14. The molecule has 5 nitrogen and oxygen atoms in total. The Kier molecular flexibility index (Phi) is 6.45. The van der Waals surface area contributed by atoms with Crippen molar-refractivity contribution in [3.05, 3.63) is 41.5 Å². The van der Waals surface area contributed by atoms with Gasteiger partial charge in [0, 0.05) is 11.6 Å². The van der Waals surface area contributed by atoms with Crippen LogP contribution < -0.4 is 10.6 Å². The fraction of sp³-hybridized carbons (Fsp3) is 0.524. The molecule has 3 N–H and O–H groups in total. The molecule has 0 atom stereocenters. The molecular formula is C21H28N2O3. The summed E-state index contributed by atoms with van der Waals surface area (Å²) in [6, 6.07) is 7.76. The smallest absolute Gasteiger partial charge is 0.306 e. The third-order valence-corrected chi connectivity index (χ3v) is 5.53. The second kappa shape index (κ2) is 8.99. The summed E-state index contributed by atoms with van der Waals surface area (Å²) in [5.41, 5.74) is 1.77. The number of amides is 1. The Morgan fingerprint density at radius 2 is 1.65 bits per heavy atom. The summed E-state index contributed by atoms with van der Waals surface area (Å²) in [5.74, 6) is -0.408. The molecule has 140 valence electrons. The molecule has 1 aromatic rings. The van der Waals surface area contributed by atoms with Crippen molar-refractivity contribution in [2.75, 3.05) is 13.1 Å². The van der Waals surface area contributed by atoms with Crippen LogP contribution in [0.2, 0.25) is 0 Å². The number of allylic oxidation sites excluding steroid dienone is 1. The largest absolute Gasteiger partial charge is 0.481 e. The number of carboxylic acids is 1. The van der Waals surface area contributed by atoms with Gasteiger partial charge in [-0.1, -0.05) is 24.3 Å². The zero-order valence-corrected chi connectivity index (χ0v) is 15.1. The number of carbonyl (C=O) groups is 2. The van der Waals surface area contributed by atoms with Crippen LogP contribution in [0, 0.1) is 11.8 Å². The highest BCUT2D eigenvalue weighted by atomic mass is 16.4. The van der Waals surface area contributed by atoms with E-state index in [1.54, 1.807) is 0 Å². The molecule has 0 unspecified atom stereocenters. The maximum absolute atomic E-state index is 12.4. The second-order valence-corrected chi connectivity index (χ2v) is 7.43. The lowest BCUT2D eigenvalue weighted by atomic mass is 9.86.